The van der Waals surface area contributed by atoms with E-state index in [4.69, 9.17) is 4.74 Å². The van der Waals surface area contributed by atoms with Crippen molar-refractivity contribution in [3.63, 3.8) is 0 Å². The Balaban J connectivity index is 1.99. The summed E-state index contributed by atoms with van der Waals surface area (Å²) in [5.74, 6) is 0.709. The minimum atomic E-state index is 0.282. The number of rotatable bonds is 4. The van der Waals surface area contributed by atoms with Gasteiger partial charge in [0.1, 0.15) is 0 Å². The standard InChI is InChI=1S/C15H30N2O/c1-5-15(4)11-17(10-13-7-6-8-18-13)14(9-16-15)12(2)3/h12-14,16H,5-11H2,1-4H3. The second-order valence-electron chi connectivity index (χ2n) is 6.67. The SMILES string of the molecule is CCC1(C)CN(CC2CCCO2)C(C(C)C)CN1. The van der Waals surface area contributed by atoms with Gasteiger partial charge in [0.2, 0.25) is 0 Å². The largest absolute Gasteiger partial charge is 0.377 e. The quantitative estimate of drug-likeness (QED) is 0.833. The summed E-state index contributed by atoms with van der Waals surface area (Å²) in [7, 11) is 0. The molecule has 0 aromatic rings. The molecule has 3 nitrogen and oxygen atoms in total. The van der Waals surface area contributed by atoms with Gasteiger partial charge >= 0.3 is 0 Å². The molecular weight excluding hydrogens is 224 g/mol. The van der Waals surface area contributed by atoms with Crippen LogP contribution in [0.1, 0.15) is 47.0 Å². The molecular formula is C15H30N2O. The Labute approximate surface area is 112 Å². The lowest BCUT2D eigenvalue weighted by Crippen LogP contribution is -2.64. The second kappa shape index (κ2) is 5.89. The Bertz CT molecular complexity index is 263. The summed E-state index contributed by atoms with van der Waals surface area (Å²) in [6, 6.07) is 0.661. The van der Waals surface area contributed by atoms with Crippen molar-refractivity contribution >= 4 is 0 Å². The molecule has 2 saturated heterocycles. The van der Waals surface area contributed by atoms with Crippen LogP contribution in [0, 0.1) is 5.92 Å². The van der Waals surface area contributed by atoms with Crippen LogP contribution in [0.5, 0.6) is 0 Å². The maximum atomic E-state index is 5.82. The summed E-state index contributed by atoms with van der Waals surface area (Å²) >= 11 is 0. The van der Waals surface area contributed by atoms with E-state index in [9.17, 15) is 0 Å². The van der Waals surface area contributed by atoms with Crippen molar-refractivity contribution in [2.75, 3.05) is 26.2 Å². The zero-order valence-corrected chi connectivity index (χ0v) is 12.5. The summed E-state index contributed by atoms with van der Waals surface area (Å²) < 4.78 is 5.82. The van der Waals surface area contributed by atoms with Gasteiger partial charge in [0.05, 0.1) is 6.10 Å². The van der Waals surface area contributed by atoms with Crippen LogP contribution in [-0.4, -0.2) is 48.8 Å². The van der Waals surface area contributed by atoms with E-state index in [0.717, 1.165) is 26.2 Å². The average molecular weight is 254 g/mol. The summed E-state index contributed by atoms with van der Waals surface area (Å²) in [6.45, 7) is 13.7. The fourth-order valence-electron chi connectivity index (χ4n) is 3.25. The molecule has 0 amide bonds. The molecule has 2 aliphatic heterocycles. The van der Waals surface area contributed by atoms with Crippen LogP contribution in [0.25, 0.3) is 0 Å². The lowest BCUT2D eigenvalue weighted by atomic mass is 9.89. The van der Waals surface area contributed by atoms with Gasteiger partial charge in [0, 0.05) is 37.8 Å². The molecule has 0 aliphatic carbocycles. The Morgan fingerprint density at radius 3 is 2.78 bits per heavy atom. The lowest BCUT2D eigenvalue weighted by Gasteiger charge is -2.48. The van der Waals surface area contributed by atoms with E-state index in [0.29, 0.717) is 18.1 Å². The fraction of sp³-hybridized carbons (Fsp3) is 1.00. The van der Waals surface area contributed by atoms with E-state index in [1.54, 1.807) is 0 Å². The van der Waals surface area contributed by atoms with Gasteiger partial charge in [-0.1, -0.05) is 20.8 Å². The minimum absolute atomic E-state index is 0.282. The highest BCUT2D eigenvalue weighted by molar-refractivity contribution is 4.96. The van der Waals surface area contributed by atoms with Crippen LogP contribution in [-0.2, 0) is 4.74 Å². The molecule has 3 heteroatoms. The van der Waals surface area contributed by atoms with Crippen molar-refractivity contribution in [2.45, 2.75) is 64.6 Å². The highest BCUT2D eigenvalue weighted by atomic mass is 16.5. The normalized spacial score (nSPS) is 38.5. The molecule has 2 fully saturated rings. The Kier molecular flexibility index (Phi) is 4.68. The zero-order valence-electron chi connectivity index (χ0n) is 12.5. The van der Waals surface area contributed by atoms with E-state index in [-0.39, 0.29) is 5.54 Å². The Hall–Kier alpha value is -0.120. The van der Waals surface area contributed by atoms with Gasteiger partial charge in [-0.05, 0) is 32.1 Å². The molecule has 1 N–H and O–H groups in total. The first-order valence-corrected chi connectivity index (χ1v) is 7.65. The summed E-state index contributed by atoms with van der Waals surface area (Å²) in [5.41, 5.74) is 0.282. The van der Waals surface area contributed by atoms with E-state index in [2.05, 4.69) is 37.9 Å². The molecule has 3 atom stereocenters. The summed E-state index contributed by atoms with van der Waals surface area (Å²) in [4.78, 5) is 2.68. The van der Waals surface area contributed by atoms with Crippen LogP contribution in [0.3, 0.4) is 0 Å². The smallest absolute Gasteiger partial charge is 0.0702 e. The van der Waals surface area contributed by atoms with Crippen molar-refractivity contribution in [3.8, 4) is 0 Å². The fourth-order valence-corrected chi connectivity index (χ4v) is 3.25. The zero-order chi connectivity index (χ0) is 13.2. The van der Waals surface area contributed by atoms with E-state index in [1.165, 1.54) is 19.3 Å². The Morgan fingerprint density at radius 2 is 2.22 bits per heavy atom. The molecule has 2 rings (SSSR count). The van der Waals surface area contributed by atoms with E-state index < -0.39 is 0 Å². The minimum Gasteiger partial charge on any atom is -0.377 e. The predicted molar refractivity (Wildman–Crippen MR) is 75.9 cm³/mol. The van der Waals surface area contributed by atoms with Crippen LogP contribution in [0.15, 0.2) is 0 Å². The first-order chi connectivity index (χ1) is 8.54. The van der Waals surface area contributed by atoms with Gasteiger partial charge in [-0.3, -0.25) is 4.90 Å². The topological polar surface area (TPSA) is 24.5 Å². The highest BCUT2D eigenvalue weighted by Gasteiger charge is 2.37. The second-order valence-corrected chi connectivity index (χ2v) is 6.67. The first kappa shape index (κ1) is 14.3. The van der Waals surface area contributed by atoms with Crippen LogP contribution < -0.4 is 5.32 Å². The van der Waals surface area contributed by atoms with Gasteiger partial charge in [-0.25, -0.2) is 0 Å². The van der Waals surface area contributed by atoms with Crippen LogP contribution >= 0.6 is 0 Å². The average Bonchev–Trinajstić information content (AvgIpc) is 2.81. The monoisotopic (exact) mass is 254 g/mol. The van der Waals surface area contributed by atoms with Gasteiger partial charge in [0.15, 0.2) is 0 Å². The summed E-state index contributed by atoms with van der Waals surface area (Å²) in [6.07, 6.45) is 4.16. The molecule has 0 aromatic carbocycles. The van der Waals surface area contributed by atoms with Gasteiger partial charge in [-0.15, -0.1) is 0 Å². The molecule has 0 saturated carbocycles. The predicted octanol–water partition coefficient (Wildman–Crippen LogP) is 2.26. The molecule has 3 unspecified atom stereocenters. The van der Waals surface area contributed by atoms with Crippen molar-refractivity contribution in [2.24, 2.45) is 5.92 Å². The van der Waals surface area contributed by atoms with Gasteiger partial charge in [-0.2, -0.15) is 0 Å². The number of hydrogen-bond acceptors (Lipinski definition) is 3. The van der Waals surface area contributed by atoms with E-state index >= 15 is 0 Å². The molecule has 2 aliphatic rings. The van der Waals surface area contributed by atoms with Crippen molar-refractivity contribution in [3.05, 3.63) is 0 Å². The van der Waals surface area contributed by atoms with Crippen molar-refractivity contribution in [1.82, 2.24) is 10.2 Å². The molecule has 0 spiro atoms. The third-order valence-corrected chi connectivity index (χ3v) is 4.77. The molecule has 2 heterocycles. The Morgan fingerprint density at radius 1 is 1.44 bits per heavy atom. The van der Waals surface area contributed by atoms with Crippen LogP contribution in [0.2, 0.25) is 0 Å². The van der Waals surface area contributed by atoms with E-state index in [1.807, 2.05) is 0 Å². The van der Waals surface area contributed by atoms with Gasteiger partial charge < -0.3 is 10.1 Å². The first-order valence-electron chi connectivity index (χ1n) is 7.65. The molecule has 0 aromatic heterocycles. The lowest BCUT2D eigenvalue weighted by molar-refractivity contribution is 0.00906. The highest BCUT2D eigenvalue weighted by Crippen LogP contribution is 2.25. The number of ether oxygens (including phenoxy) is 1. The number of nitrogens with zero attached hydrogens (tertiary/aromatic N) is 1. The number of hydrogen-bond donors (Lipinski definition) is 1. The van der Waals surface area contributed by atoms with Crippen LogP contribution in [0.4, 0.5) is 0 Å². The number of piperazine rings is 1. The third-order valence-electron chi connectivity index (χ3n) is 4.77. The van der Waals surface area contributed by atoms with Crippen molar-refractivity contribution in [1.29, 1.82) is 0 Å². The molecule has 106 valence electrons. The maximum Gasteiger partial charge on any atom is 0.0702 e. The number of nitrogens with one attached hydrogen (secondary N) is 1. The maximum absolute atomic E-state index is 5.82. The summed E-state index contributed by atoms with van der Waals surface area (Å²) in [5, 5.41) is 3.75. The van der Waals surface area contributed by atoms with Crippen molar-refractivity contribution < 1.29 is 4.74 Å². The molecule has 18 heavy (non-hydrogen) atoms. The molecule has 0 bridgehead atoms. The molecule has 0 radical (unpaired) electrons. The third kappa shape index (κ3) is 3.25. The van der Waals surface area contributed by atoms with Gasteiger partial charge in [0.25, 0.3) is 0 Å².